The van der Waals surface area contributed by atoms with Crippen LogP contribution in [0.4, 0.5) is 0 Å². The maximum atomic E-state index is 11.5. The number of alkyl halides is 1. The number of hydrogen-bond donors (Lipinski definition) is 2. The van der Waals surface area contributed by atoms with Crippen molar-refractivity contribution < 1.29 is 4.79 Å². The van der Waals surface area contributed by atoms with E-state index in [0.29, 0.717) is 12.4 Å². The smallest absolute Gasteiger partial charge is 0.234 e. The van der Waals surface area contributed by atoms with Crippen LogP contribution in [0.25, 0.3) is 0 Å². The van der Waals surface area contributed by atoms with Gasteiger partial charge in [0.25, 0.3) is 0 Å². The Bertz CT molecular complexity index is 286. The summed E-state index contributed by atoms with van der Waals surface area (Å²) in [5.74, 6) is 0.892. The van der Waals surface area contributed by atoms with E-state index >= 15 is 0 Å². The number of hydrogen-bond acceptors (Lipinski definition) is 3. The summed E-state index contributed by atoms with van der Waals surface area (Å²) in [5.41, 5.74) is 0. The predicted octanol–water partition coefficient (Wildman–Crippen LogP) is 0.840. The van der Waals surface area contributed by atoms with Crippen molar-refractivity contribution in [1.82, 2.24) is 20.5 Å². The Morgan fingerprint density at radius 3 is 2.93 bits per heavy atom. The average molecular weight is 261 g/mol. The van der Waals surface area contributed by atoms with Crippen LogP contribution in [0.2, 0.25) is 0 Å². The third-order valence-corrected chi connectivity index (χ3v) is 3.20. The number of H-pyrrole nitrogens is 1. The van der Waals surface area contributed by atoms with Crippen LogP contribution in [0.5, 0.6) is 0 Å². The van der Waals surface area contributed by atoms with Crippen molar-refractivity contribution in [1.29, 1.82) is 0 Å². The number of carbonyl (C=O) groups excluding carboxylic acids is 1. The van der Waals surface area contributed by atoms with Crippen molar-refractivity contribution in [2.75, 3.05) is 0 Å². The second-order valence-electron chi connectivity index (χ2n) is 3.30. The van der Waals surface area contributed by atoms with Gasteiger partial charge in [-0.15, -0.1) is 0 Å². The van der Waals surface area contributed by atoms with Crippen LogP contribution >= 0.6 is 15.9 Å². The molecule has 0 radical (unpaired) electrons. The largest absolute Gasteiger partial charge is 0.348 e. The molecule has 0 bridgehead atoms. The van der Waals surface area contributed by atoms with Gasteiger partial charge < -0.3 is 5.32 Å². The fraction of sp³-hybridized carbons (Fsp3) is 0.625. The Hall–Kier alpha value is -0.910. The van der Waals surface area contributed by atoms with Crippen molar-refractivity contribution >= 4 is 21.8 Å². The van der Waals surface area contributed by atoms with E-state index in [1.807, 2.05) is 13.8 Å². The first-order valence-corrected chi connectivity index (χ1v) is 5.29. The first-order valence-electron chi connectivity index (χ1n) is 4.37. The number of amides is 1. The molecule has 6 heteroatoms. The van der Waals surface area contributed by atoms with Gasteiger partial charge in [-0.25, -0.2) is 4.98 Å². The molecule has 0 spiro atoms. The highest BCUT2D eigenvalue weighted by Crippen LogP contribution is 2.11. The molecule has 78 valence electrons. The summed E-state index contributed by atoms with van der Waals surface area (Å²) in [7, 11) is 0. The third kappa shape index (κ3) is 3.10. The molecule has 0 saturated carbocycles. The van der Waals surface area contributed by atoms with Gasteiger partial charge in [0.1, 0.15) is 12.2 Å². The van der Waals surface area contributed by atoms with Crippen molar-refractivity contribution in [2.24, 2.45) is 5.92 Å². The van der Waals surface area contributed by atoms with Gasteiger partial charge in [-0.05, 0) is 5.92 Å². The zero-order valence-electron chi connectivity index (χ0n) is 8.12. The lowest BCUT2D eigenvalue weighted by Crippen LogP contribution is -2.33. The summed E-state index contributed by atoms with van der Waals surface area (Å²) in [6, 6.07) is 0. The first kappa shape index (κ1) is 11.2. The van der Waals surface area contributed by atoms with E-state index in [9.17, 15) is 4.79 Å². The highest BCUT2D eigenvalue weighted by Gasteiger charge is 2.18. The van der Waals surface area contributed by atoms with E-state index in [1.165, 1.54) is 6.33 Å². The summed E-state index contributed by atoms with van der Waals surface area (Å²) >= 11 is 3.31. The second-order valence-corrected chi connectivity index (χ2v) is 4.28. The predicted molar refractivity (Wildman–Crippen MR) is 55.8 cm³/mol. The number of halogens is 1. The lowest BCUT2D eigenvalue weighted by Gasteiger charge is -2.12. The quantitative estimate of drug-likeness (QED) is 0.789. The third-order valence-electron chi connectivity index (χ3n) is 1.73. The summed E-state index contributed by atoms with van der Waals surface area (Å²) in [6.07, 6.45) is 1.41. The number of aromatic nitrogens is 3. The minimum absolute atomic E-state index is 0.0311. The summed E-state index contributed by atoms with van der Waals surface area (Å²) in [5, 5.41) is 9.10. The monoisotopic (exact) mass is 260 g/mol. The zero-order chi connectivity index (χ0) is 10.6. The molecule has 14 heavy (non-hydrogen) atoms. The standard InChI is InChI=1S/C8H13BrN4O/c1-5(2)7(9)8(14)10-3-6-11-4-12-13-6/h4-5,7H,3H2,1-2H3,(H,10,14)(H,11,12,13). The van der Waals surface area contributed by atoms with Gasteiger partial charge in [-0.2, -0.15) is 5.10 Å². The molecule has 1 amide bonds. The van der Waals surface area contributed by atoms with Crippen molar-refractivity contribution in [2.45, 2.75) is 25.2 Å². The van der Waals surface area contributed by atoms with Gasteiger partial charge in [0.2, 0.25) is 5.91 Å². The number of aromatic amines is 1. The van der Waals surface area contributed by atoms with Gasteiger partial charge in [-0.3, -0.25) is 9.89 Å². The second kappa shape index (κ2) is 5.09. The van der Waals surface area contributed by atoms with E-state index in [2.05, 4.69) is 36.4 Å². The van der Waals surface area contributed by atoms with Gasteiger partial charge in [-0.1, -0.05) is 29.8 Å². The molecule has 1 atom stereocenters. The summed E-state index contributed by atoms with van der Waals surface area (Å²) in [4.78, 5) is 15.2. The molecule has 1 aromatic rings. The Labute approximate surface area is 90.8 Å². The minimum atomic E-state index is -0.162. The molecule has 0 aromatic carbocycles. The van der Waals surface area contributed by atoms with Crippen LogP contribution in [0.3, 0.4) is 0 Å². The van der Waals surface area contributed by atoms with Crippen LogP contribution in [-0.4, -0.2) is 25.9 Å². The maximum Gasteiger partial charge on any atom is 0.234 e. The Kier molecular flexibility index (Phi) is 4.06. The van der Waals surface area contributed by atoms with Crippen molar-refractivity contribution in [3.63, 3.8) is 0 Å². The highest BCUT2D eigenvalue weighted by atomic mass is 79.9. The average Bonchev–Trinajstić information content (AvgIpc) is 2.65. The molecular weight excluding hydrogens is 248 g/mol. The van der Waals surface area contributed by atoms with E-state index in [-0.39, 0.29) is 16.7 Å². The molecule has 1 unspecified atom stereocenters. The topological polar surface area (TPSA) is 70.7 Å². The number of rotatable bonds is 4. The summed E-state index contributed by atoms with van der Waals surface area (Å²) < 4.78 is 0. The Morgan fingerprint density at radius 2 is 2.43 bits per heavy atom. The van der Waals surface area contributed by atoms with Crippen LogP contribution in [-0.2, 0) is 11.3 Å². The Balaban J connectivity index is 2.35. The zero-order valence-corrected chi connectivity index (χ0v) is 9.71. The number of nitrogens with zero attached hydrogens (tertiary/aromatic N) is 2. The molecular formula is C8H13BrN4O. The van der Waals surface area contributed by atoms with Gasteiger partial charge >= 0.3 is 0 Å². The highest BCUT2D eigenvalue weighted by molar-refractivity contribution is 9.10. The van der Waals surface area contributed by atoms with Crippen LogP contribution in [0.1, 0.15) is 19.7 Å². The first-order chi connectivity index (χ1) is 6.61. The molecule has 0 saturated heterocycles. The Morgan fingerprint density at radius 1 is 1.71 bits per heavy atom. The fourth-order valence-corrected chi connectivity index (χ4v) is 1.05. The van der Waals surface area contributed by atoms with Crippen LogP contribution in [0.15, 0.2) is 6.33 Å². The molecule has 0 aliphatic carbocycles. The normalized spacial score (nSPS) is 12.9. The minimum Gasteiger partial charge on any atom is -0.348 e. The van der Waals surface area contributed by atoms with Gasteiger partial charge in [0.15, 0.2) is 0 Å². The molecule has 1 aromatic heterocycles. The van der Waals surface area contributed by atoms with Crippen LogP contribution < -0.4 is 5.32 Å². The molecule has 0 fully saturated rings. The van der Waals surface area contributed by atoms with Gasteiger partial charge in [0.05, 0.1) is 11.4 Å². The van der Waals surface area contributed by atoms with E-state index in [4.69, 9.17) is 0 Å². The number of carbonyl (C=O) groups is 1. The summed E-state index contributed by atoms with van der Waals surface area (Å²) in [6.45, 7) is 4.34. The number of nitrogens with one attached hydrogen (secondary N) is 2. The molecule has 2 N–H and O–H groups in total. The van der Waals surface area contributed by atoms with E-state index in [0.717, 1.165) is 0 Å². The van der Waals surface area contributed by atoms with Crippen molar-refractivity contribution in [3.8, 4) is 0 Å². The van der Waals surface area contributed by atoms with Gasteiger partial charge in [0, 0.05) is 0 Å². The van der Waals surface area contributed by atoms with Crippen LogP contribution in [0, 0.1) is 5.92 Å². The van der Waals surface area contributed by atoms with E-state index in [1.54, 1.807) is 0 Å². The molecule has 5 nitrogen and oxygen atoms in total. The lowest BCUT2D eigenvalue weighted by molar-refractivity contribution is -0.121. The lowest BCUT2D eigenvalue weighted by atomic mass is 10.1. The van der Waals surface area contributed by atoms with Crippen molar-refractivity contribution in [3.05, 3.63) is 12.2 Å². The maximum absolute atomic E-state index is 11.5. The fourth-order valence-electron chi connectivity index (χ4n) is 0.887. The molecule has 1 heterocycles. The molecule has 0 aliphatic heterocycles. The molecule has 1 rings (SSSR count). The molecule has 0 aliphatic rings. The van der Waals surface area contributed by atoms with E-state index < -0.39 is 0 Å². The SMILES string of the molecule is CC(C)C(Br)C(=O)NCc1ncn[nH]1.